The molecule has 0 unspecified atom stereocenters. The molecule has 0 aromatic heterocycles. The van der Waals surface area contributed by atoms with Crippen LogP contribution in [0.5, 0.6) is 0 Å². The summed E-state index contributed by atoms with van der Waals surface area (Å²) in [7, 11) is 4.22. The molecular formula is C10H16N. The molecule has 0 bridgehead atoms. The van der Waals surface area contributed by atoms with Gasteiger partial charge in [-0.15, -0.1) is 0 Å². The second kappa shape index (κ2) is 4.35. The normalized spacial score (nSPS) is 17.2. The second-order valence-electron chi connectivity index (χ2n) is 3.17. The van der Waals surface area contributed by atoms with E-state index in [1.165, 1.54) is 12.0 Å². The van der Waals surface area contributed by atoms with Crippen LogP contribution in [-0.4, -0.2) is 25.5 Å². The van der Waals surface area contributed by atoms with Crippen LogP contribution >= 0.6 is 0 Å². The predicted octanol–water partition coefficient (Wildman–Crippen LogP) is 2.03. The smallest absolute Gasteiger partial charge is 0.00156 e. The number of hydrogen-bond acceptors (Lipinski definition) is 1. The van der Waals surface area contributed by atoms with Gasteiger partial charge < -0.3 is 4.90 Å². The summed E-state index contributed by atoms with van der Waals surface area (Å²) in [6, 6.07) is 0. The summed E-state index contributed by atoms with van der Waals surface area (Å²) in [5.74, 6) is 0. The highest BCUT2D eigenvalue weighted by atomic mass is 15.0. The van der Waals surface area contributed by atoms with Crippen LogP contribution in [0.3, 0.4) is 0 Å². The van der Waals surface area contributed by atoms with E-state index >= 15 is 0 Å². The summed E-state index contributed by atoms with van der Waals surface area (Å²) in [4.78, 5) is 2.21. The minimum absolute atomic E-state index is 1.10. The molecule has 0 fully saturated rings. The van der Waals surface area contributed by atoms with Crippen molar-refractivity contribution >= 4 is 0 Å². The van der Waals surface area contributed by atoms with Crippen LogP contribution in [0.25, 0.3) is 0 Å². The van der Waals surface area contributed by atoms with E-state index in [-0.39, 0.29) is 0 Å². The Morgan fingerprint density at radius 1 is 1.45 bits per heavy atom. The lowest BCUT2D eigenvalue weighted by molar-refractivity contribution is 0.414. The Labute approximate surface area is 69.4 Å². The van der Waals surface area contributed by atoms with Crippen LogP contribution in [0, 0.1) is 6.42 Å². The van der Waals surface area contributed by atoms with E-state index in [0.717, 1.165) is 13.0 Å². The Morgan fingerprint density at radius 3 is 2.82 bits per heavy atom. The summed E-state index contributed by atoms with van der Waals surface area (Å²) in [5, 5.41) is 0. The first-order valence-corrected chi connectivity index (χ1v) is 4.12. The summed E-state index contributed by atoms with van der Waals surface area (Å²) in [6.07, 6.45) is 11.1. The first kappa shape index (κ1) is 8.54. The molecule has 0 aromatic carbocycles. The molecule has 11 heavy (non-hydrogen) atoms. The van der Waals surface area contributed by atoms with Gasteiger partial charge in [0, 0.05) is 6.54 Å². The van der Waals surface area contributed by atoms with Gasteiger partial charge in [0.05, 0.1) is 0 Å². The minimum Gasteiger partial charge on any atom is -0.309 e. The Kier molecular flexibility index (Phi) is 3.37. The van der Waals surface area contributed by atoms with E-state index in [1.54, 1.807) is 0 Å². The number of allylic oxidation sites excluding steroid dienone is 3. The Hall–Kier alpha value is -0.560. The molecule has 1 radical (unpaired) electrons. The predicted molar refractivity (Wildman–Crippen MR) is 49.3 cm³/mol. The van der Waals surface area contributed by atoms with Crippen molar-refractivity contribution in [2.45, 2.75) is 12.8 Å². The fraction of sp³-hybridized carbons (Fsp3) is 0.500. The zero-order valence-corrected chi connectivity index (χ0v) is 7.38. The third kappa shape index (κ3) is 3.38. The average Bonchev–Trinajstić information content (AvgIpc) is 2.03. The molecule has 0 aliphatic heterocycles. The van der Waals surface area contributed by atoms with Crippen molar-refractivity contribution in [2.75, 3.05) is 20.6 Å². The maximum atomic E-state index is 2.23. The van der Waals surface area contributed by atoms with Crippen LogP contribution in [0.1, 0.15) is 12.8 Å². The van der Waals surface area contributed by atoms with Gasteiger partial charge in [0.1, 0.15) is 0 Å². The maximum absolute atomic E-state index is 2.23. The lowest BCUT2D eigenvalue weighted by atomic mass is 10.0. The van der Waals surface area contributed by atoms with E-state index in [9.17, 15) is 0 Å². The fourth-order valence-corrected chi connectivity index (χ4v) is 1.09. The highest BCUT2D eigenvalue weighted by Gasteiger charge is 1.97. The molecule has 0 heterocycles. The molecule has 0 aromatic rings. The van der Waals surface area contributed by atoms with Crippen molar-refractivity contribution < 1.29 is 0 Å². The van der Waals surface area contributed by atoms with E-state index in [1.807, 2.05) is 0 Å². The molecular weight excluding hydrogens is 134 g/mol. The molecule has 1 aliphatic carbocycles. The molecule has 1 rings (SSSR count). The van der Waals surface area contributed by atoms with Crippen LogP contribution in [0.15, 0.2) is 23.8 Å². The first-order valence-electron chi connectivity index (χ1n) is 4.12. The lowest BCUT2D eigenvalue weighted by Gasteiger charge is -2.11. The molecule has 1 heteroatoms. The van der Waals surface area contributed by atoms with Gasteiger partial charge in [0.25, 0.3) is 0 Å². The van der Waals surface area contributed by atoms with Crippen LogP contribution < -0.4 is 0 Å². The van der Waals surface area contributed by atoms with Crippen LogP contribution in [0.4, 0.5) is 0 Å². The van der Waals surface area contributed by atoms with Gasteiger partial charge in [-0.25, -0.2) is 0 Å². The molecule has 0 saturated heterocycles. The fourth-order valence-electron chi connectivity index (χ4n) is 1.09. The summed E-state index contributed by atoms with van der Waals surface area (Å²) in [6.45, 7) is 1.14. The Balaban J connectivity index is 2.25. The number of nitrogens with zero attached hydrogens (tertiary/aromatic N) is 1. The van der Waals surface area contributed by atoms with Crippen molar-refractivity contribution in [2.24, 2.45) is 0 Å². The third-order valence-electron chi connectivity index (χ3n) is 1.78. The minimum atomic E-state index is 1.10. The molecule has 0 N–H and O–H groups in total. The molecule has 0 saturated carbocycles. The Morgan fingerprint density at radius 2 is 2.27 bits per heavy atom. The first-order chi connectivity index (χ1) is 5.29. The zero-order valence-electron chi connectivity index (χ0n) is 7.38. The quantitative estimate of drug-likeness (QED) is 0.595. The second-order valence-corrected chi connectivity index (χ2v) is 3.17. The van der Waals surface area contributed by atoms with Gasteiger partial charge in [-0.3, -0.25) is 0 Å². The van der Waals surface area contributed by atoms with Gasteiger partial charge in [-0.1, -0.05) is 23.8 Å². The van der Waals surface area contributed by atoms with Crippen molar-refractivity contribution in [1.29, 1.82) is 0 Å². The summed E-state index contributed by atoms with van der Waals surface area (Å²) in [5.41, 5.74) is 1.45. The molecule has 0 amide bonds. The zero-order chi connectivity index (χ0) is 8.10. The van der Waals surface area contributed by atoms with Crippen LogP contribution in [0.2, 0.25) is 0 Å². The molecule has 0 spiro atoms. The topological polar surface area (TPSA) is 3.24 Å². The Bertz CT molecular complexity index is 166. The van der Waals surface area contributed by atoms with Gasteiger partial charge in [-0.2, -0.15) is 0 Å². The number of rotatable bonds is 3. The highest BCUT2D eigenvalue weighted by molar-refractivity contribution is 5.26. The number of hydrogen-bond donors (Lipinski definition) is 0. The summed E-state index contributed by atoms with van der Waals surface area (Å²) >= 11 is 0. The van der Waals surface area contributed by atoms with Gasteiger partial charge in [0.2, 0.25) is 0 Å². The van der Waals surface area contributed by atoms with Crippen molar-refractivity contribution in [3.63, 3.8) is 0 Å². The third-order valence-corrected chi connectivity index (χ3v) is 1.78. The van der Waals surface area contributed by atoms with Crippen molar-refractivity contribution in [3.8, 4) is 0 Å². The van der Waals surface area contributed by atoms with Crippen LogP contribution in [-0.2, 0) is 0 Å². The highest BCUT2D eigenvalue weighted by Crippen LogP contribution is 2.11. The monoisotopic (exact) mass is 150 g/mol. The van der Waals surface area contributed by atoms with Crippen molar-refractivity contribution in [1.82, 2.24) is 4.90 Å². The van der Waals surface area contributed by atoms with E-state index in [2.05, 4.69) is 43.6 Å². The lowest BCUT2D eigenvalue weighted by Crippen LogP contribution is -2.13. The van der Waals surface area contributed by atoms with Crippen molar-refractivity contribution in [3.05, 3.63) is 30.2 Å². The SMILES string of the molecule is CN(C)CCC1=C[CH]CC=C1. The molecule has 1 nitrogen and oxygen atoms in total. The van der Waals surface area contributed by atoms with E-state index in [0.29, 0.717) is 0 Å². The standard InChI is InChI=1S/C10H16N/c1-11(2)9-8-10-6-4-3-5-7-10/h4-7H,3,8-9H2,1-2H3. The van der Waals surface area contributed by atoms with E-state index < -0.39 is 0 Å². The largest absolute Gasteiger partial charge is 0.309 e. The molecule has 1 aliphatic rings. The molecule has 0 atom stereocenters. The molecule has 61 valence electrons. The van der Waals surface area contributed by atoms with E-state index in [4.69, 9.17) is 0 Å². The average molecular weight is 150 g/mol. The summed E-state index contributed by atoms with van der Waals surface area (Å²) < 4.78 is 0. The van der Waals surface area contributed by atoms with Gasteiger partial charge in [-0.05, 0) is 33.4 Å². The van der Waals surface area contributed by atoms with Gasteiger partial charge >= 0.3 is 0 Å². The van der Waals surface area contributed by atoms with Gasteiger partial charge in [0.15, 0.2) is 0 Å². The maximum Gasteiger partial charge on any atom is 0.00156 e.